The lowest BCUT2D eigenvalue weighted by Gasteiger charge is -2.60. The molecule has 2 nitrogen and oxygen atoms in total. The molecule has 4 fully saturated rings. The van der Waals surface area contributed by atoms with E-state index in [4.69, 9.17) is 6.11 Å². The quantitative estimate of drug-likeness (QED) is 0.586. The second kappa shape index (κ2) is 5.60. The maximum atomic E-state index is 11.6. The van der Waals surface area contributed by atoms with Crippen LogP contribution in [0.2, 0.25) is 0 Å². The van der Waals surface area contributed by atoms with Gasteiger partial charge in [0.25, 0.3) is 0 Å². The molecule has 4 aliphatic carbocycles. The van der Waals surface area contributed by atoms with Crippen molar-refractivity contribution in [1.82, 2.24) is 0 Å². The Labute approximate surface area is 154 Å². The zero-order chi connectivity index (χ0) is 17.9. The van der Waals surface area contributed by atoms with E-state index in [0.717, 1.165) is 17.8 Å². The third-order valence-electron chi connectivity index (χ3n) is 9.43. The van der Waals surface area contributed by atoms with Crippen molar-refractivity contribution in [2.45, 2.75) is 78.0 Å². The molecule has 0 bridgehead atoms. The molecule has 0 aromatic carbocycles. The lowest BCUT2D eigenvalue weighted by molar-refractivity contribution is -0.135. The van der Waals surface area contributed by atoms with Gasteiger partial charge in [0.15, 0.2) is 0 Å². The van der Waals surface area contributed by atoms with Crippen molar-refractivity contribution in [3.8, 4) is 0 Å². The minimum atomic E-state index is -0.160. The van der Waals surface area contributed by atoms with Gasteiger partial charge in [-0.3, -0.25) is 0 Å². The van der Waals surface area contributed by atoms with Crippen molar-refractivity contribution >= 4 is 5.97 Å². The lowest BCUT2D eigenvalue weighted by Crippen LogP contribution is -2.52. The summed E-state index contributed by atoms with van der Waals surface area (Å²) in [6.45, 7) is 3.66. The molecule has 0 spiro atoms. The molecule has 0 radical (unpaired) electrons. The fraction of sp³-hybridized carbons (Fsp3) is 0.870. The summed E-state index contributed by atoms with van der Waals surface area (Å²) in [4.78, 5) is 11.6. The predicted molar refractivity (Wildman–Crippen MR) is 98.9 cm³/mol. The van der Waals surface area contributed by atoms with Crippen LogP contribution in [-0.2, 0) is 9.53 Å². The van der Waals surface area contributed by atoms with Crippen LogP contribution < -0.4 is 0 Å². The molecule has 25 heavy (non-hydrogen) atoms. The Bertz CT molecular complexity index is 628. The zero-order valence-corrected chi connectivity index (χ0v) is 15.8. The van der Waals surface area contributed by atoms with Crippen LogP contribution in [0, 0.1) is 40.4 Å². The van der Waals surface area contributed by atoms with E-state index in [0.29, 0.717) is 30.8 Å². The third kappa shape index (κ3) is 2.24. The van der Waals surface area contributed by atoms with E-state index in [1.807, 2.05) is 0 Å². The highest BCUT2D eigenvalue weighted by Crippen LogP contribution is 2.68. The molecule has 0 amide bonds. The number of rotatable bonds is 1. The molecule has 7 atom stereocenters. The van der Waals surface area contributed by atoms with Crippen molar-refractivity contribution in [2.75, 3.05) is 6.61 Å². The normalized spacial score (nSPS) is 52.5. The number of fused-ring (bicyclic) bond motifs is 5. The van der Waals surface area contributed by atoms with Crippen molar-refractivity contribution in [2.24, 2.45) is 40.4 Å². The van der Waals surface area contributed by atoms with Gasteiger partial charge in [-0.2, -0.15) is 0 Å². The molecule has 1 unspecified atom stereocenters. The van der Waals surface area contributed by atoms with Crippen LogP contribution in [0.3, 0.4) is 0 Å². The number of carbonyl (C=O) groups is 1. The maximum Gasteiger partial charge on any atom is 0.331 e. The van der Waals surface area contributed by atoms with Crippen LogP contribution in [0.5, 0.6) is 0 Å². The highest BCUT2D eigenvalue weighted by Gasteiger charge is 2.60. The summed E-state index contributed by atoms with van der Waals surface area (Å²) in [6, 6.07) is 0. The highest BCUT2D eigenvalue weighted by atomic mass is 16.5. The van der Waals surface area contributed by atoms with Gasteiger partial charge in [0, 0.05) is 7.45 Å². The molecule has 5 rings (SSSR count). The van der Waals surface area contributed by atoms with E-state index in [2.05, 4.69) is 6.92 Å². The zero-order valence-electron chi connectivity index (χ0n) is 16.8. The van der Waals surface area contributed by atoms with Crippen LogP contribution >= 0.6 is 0 Å². The second-order valence-electron chi connectivity index (χ2n) is 10.1. The molecule has 1 heterocycles. The van der Waals surface area contributed by atoms with E-state index < -0.39 is 0 Å². The van der Waals surface area contributed by atoms with Gasteiger partial charge in [0.05, 0.1) is 0 Å². The second-order valence-corrected chi connectivity index (χ2v) is 10.1. The van der Waals surface area contributed by atoms with Gasteiger partial charge < -0.3 is 4.74 Å². The highest BCUT2D eigenvalue weighted by molar-refractivity contribution is 5.85. The number of carbonyl (C=O) groups excluding carboxylic acids is 1. The first-order chi connectivity index (χ1) is 12.6. The molecule has 5 aliphatic rings. The molecule has 0 N–H and O–H groups in total. The molecule has 4 saturated carbocycles. The number of esters is 1. The number of cyclic esters (lactones) is 1. The van der Waals surface area contributed by atoms with Gasteiger partial charge in [0.2, 0.25) is 0 Å². The average Bonchev–Trinajstić information content (AvgIpc) is 3.24. The van der Waals surface area contributed by atoms with Crippen LogP contribution in [0.4, 0.5) is 0 Å². The summed E-state index contributed by atoms with van der Waals surface area (Å²) in [6.07, 6.45) is 15.4. The van der Waals surface area contributed by atoms with Crippen molar-refractivity contribution in [3.63, 3.8) is 0 Å². The van der Waals surface area contributed by atoms with Gasteiger partial charge in [-0.1, -0.05) is 26.7 Å². The summed E-state index contributed by atoms with van der Waals surface area (Å²) in [7, 11) is 0. The Morgan fingerprint density at radius 1 is 1.04 bits per heavy atom. The topological polar surface area (TPSA) is 26.3 Å². The Hall–Kier alpha value is -0.790. The van der Waals surface area contributed by atoms with Gasteiger partial charge >= 0.3 is 5.97 Å². The SMILES string of the molecule is [2H]C[C@]12CC[C@H]3[C@@H](CCC4CCCC[C@@]43C)[C@H]1CC[C@@H]2C1=CC(=O)OC1. The number of hydrogen-bond donors (Lipinski definition) is 0. The number of ether oxygens (including phenoxy) is 1. The van der Waals surface area contributed by atoms with Crippen molar-refractivity contribution < 1.29 is 10.9 Å². The van der Waals surface area contributed by atoms with Crippen LogP contribution in [-0.4, -0.2) is 12.6 Å². The molecule has 1 aliphatic heterocycles. The van der Waals surface area contributed by atoms with Crippen LogP contribution in [0.1, 0.15) is 79.4 Å². The molecule has 0 aromatic heterocycles. The molecule has 0 saturated heterocycles. The van der Waals surface area contributed by atoms with E-state index in [1.54, 1.807) is 6.08 Å². The van der Waals surface area contributed by atoms with Crippen LogP contribution in [0.25, 0.3) is 0 Å². The number of hydrogen-bond acceptors (Lipinski definition) is 2. The maximum absolute atomic E-state index is 11.6. The van der Waals surface area contributed by atoms with E-state index in [9.17, 15) is 4.79 Å². The standard InChI is InChI=1S/C23H34O2/c1-22-11-4-3-5-16(22)6-7-17-19-9-8-18(15-13-21(24)25-14-15)23(19,2)12-10-20(17)22/h13,16-20H,3-12,14H2,1-2H3/t16?,17-,18+,19+,20-,22-,23+/m0/s1/i2D. The van der Waals surface area contributed by atoms with Crippen molar-refractivity contribution in [3.05, 3.63) is 11.6 Å². The van der Waals surface area contributed by atoms with E-state index in [-0.39, 0.29) is 11.4 Å². The van der Waals surface area contributed by atoms with Gasteiger partial charge in [-0.25, -0.2) is 4.79 Å². The predicted octanol–water partition coefficient (Wildman–Crippen LogP) is 5.52. The fourth-order valence-corrected chi connectivity index (χ4v) is 8.25. The smallest absolute Gasteiger partial charge is 0.331 e. The average molecular weight is 344 g/mol. The van der Waals surface area contributed by atoms with Crippen LogP contribution in [0.15, 0.2) is 11.6 Å². The monoisotopic (exact) mass is 343 g/mol. The summed E-state index contributed by atoms with van der Waals surface area (Å²) >= 11 is 0. The van der Waals surface area contributed by atoms with E-state index >= 15 is 0 Å². The third-order valence-corrected chi connectivity index (χ3v) is 9.43. The van der Waals surface area contributed by atoms with Gasteiger partial charge in [-0.15, -0.1) is 0 Å². The van der Waals surface area contributed by atoms with Gasteiger partial charge in [-0.05, 0) is 97.4 Å². The summed E-state index contributed by atoms with van der Waals surface area (Å²) in [5, 5.41) is 0. The minimum Gasteiger partial charge on any atom is -0.458 e. The fourth-order valence-electron chi connectivity index (χ4n) is 8.25. The first-order valence-corrected chi connectivity index (χ1v) is 10.7. The molecule has 2 heteroatoms. The Morgan fingerprint density at radius 3 is 2.72 bits per heavy atom. The van der Waals surface area contributed by atoms with E-state index in [1.165, 1.54) is 69.8 Å². The lowest BCUT2D eigenvalue weighted by atomic mass is 9.44. The largest absolute Gasteiger partial charge is 0.458 e. The molecular weight excluding hydrogens is 308 g/mol. The minimum absolute atomic E-state index is 0.124. The molecule has 138 valence electrons. The summed E-state index contributed by atoms with van der Waals surface area (Å²) in [5.74, 6) is 3.65. The van der Waals surface area contributed by atoms with Crippen molar-refractivity contribution in [1.29, 1.82) is 0 Å². The Kier molecular flexibility index (Phi) is 3.42. The Balaban J connectivity index is 1.46. The first kappa shape index (κ1) is 15.3. The summed E-state index contributed by atoms with van der Waals surface area (Å²) in [5.41, 5.74) is 1.90. The summed E-state index contributed by atoms with van der Waals surface area (Å²) < 4.78 is 13.8. The molecule has 0 aromatic rings. The molecular formula is C23H34O2. The Morgan fingerprint density at radius 2 is 1.92 bits per heavy atom. The van der Waals surface area contributed by atoms with Gasteiger partial charge in [0.1, 0.15) is 6.61 Å². The first-order valence-electron chi connectivity index (χ1n) is 11.5.